The third-order valence-electron chi connectivity index (χ3n) is 3.14. The highest BCUT2D eigenvalue weighted by atomic mass is 16.5. The fraction of sp³-hybridized carbons (Fsp3) is 0.250. The van der Waals surface area contributed by atoms with Crippen LogP contribution >= 0.6 is 0 Å². The first-order valence-electron chi connectivity index (χ1n) is 7.01. The van der Waals surface area contributed by atoms with E-state index in [0.717, 1.165) is 0 Å². The molecule has 0 atom stereocenters. The number of hydrogen-bond acceptors (Lipinski definition) is 8. The molecule has 1 heterocycles. The summed E-state index contributed by atoms with van der Waals surface area (Å²) in [4.78, 5) is 14.0. The van der Waals surface area contributed by atoms with E-state index in [1.807, 2.05) is 0 Å². The Bertz CT molecular complexity index is 811. The second-order valence-corrected chi connectivity index (χ2v) is 4.99. The lowest BCUT2D eigenvalue weighted by atomic mass is 10.1. The maximum Gasteiger partial charge on any atom is 0.230 e. The molecule has 0 saturated heterocycles. The molecule has 8 heteroatoms. The van der Waals surface area contributed by atoms with Gasteiger partial charge in [-0.25, -0.2) is 0 Å². The average Bonchev–Trinajstić information content (AvgIpc) is 2.58. The highest BCUT2D eigenvalue weighted by molar-refractivity contribution is 5.88. The van der Waals surface area contributed by atoms with Crippen LogP contribution in [0.2, 0.25) is 0 Å². The zero-order chi connectivity index (χ0) is 17.7. The number of nitrogens with zero attached hydrogens (tertiary/aromatic N) is 5. The summed E-state index contributed by atoms with van der Waals surface area (Å²) in [7, 11) is 6.67. The average molecular weight is 326 g/mol. The molecule has 1 aromatic carbocycles. The molecule has 8 nitrogen and oxygen atoms in total. The van der Waals surface area contributed by atoms with Gasteiger partial charge in [0, 0.05) is 25.7 Å². The fourth-order valence-electron chi connectivity index (χ4n) is 1.94. The zero-order valence-corrected chi connectivity index (χ0v) is 13.9. The van der Waals surface area contributed by atoms with Gasteiger partial charge in [-0.2, -0.15) is 20.2 Å². The van der Waals surface area contributed by atoms with Crippen LogP contribution in [0.15, 0.2) is 18.2 Å². The Morgan fingerprint density at radius 1 is 1.21 bits per heavy atom. The summed E-state index contributed by atoms with van der Waals surface area (Å²) < 4.78 is 10.5. The molecule has 0 saturated carbocycles. The van der Waals surface area contributed by atoms with Gasteiger partial charge in [-0.05, 0) is 18.2 Å². The standard InChI is InChI=1S/C16H18N6O2/c1-22(2)16-20-14(19-15(18)21-16)11(9-17)7-10-5-6-12(23-3)8-13(10)24-4/h5-8H,1-4H3,(H2,18,19,20,21)/b11-7+. The molecule has 0 aliphatic heterocycles. The van der Waals surface area contributed by atoms with Crippen LogP contribution in [0.1, 0.15) is 11.4 Å². The lowest BCUT2D eigenvalue weighted by Crippen LogP contribution is -2.15. The summed E-state index contributed by atoms with van der Waals surface area (Å²) in [5.74, 6) is 1.84. The molecular formula is C16H18N6O2. The summed E-state index contributed by atoms with van der Waals surface area (Å²) in [5.41, 5.74) is 6.65. The summed E-state index contributed by atoms with van der Waals surface area (Å²) in [6, 6.07) is 7.38. The molecule has 0 aliphatic rings. The van der Waals surface area contributed by atoms with Crippen LogP contribution < -0.4 is 20.1 Å². The normalized spacial score (nSPS) is 10.9. The SMILES string of the molecule is COc1ccc(/C=C(\C#N)c2nc(N)nc(N(C)C)n2)c(OC)c1. The Hall–Kier alpha value is -3.34. The molecule has 0 radical (unpaired) electrons. The Kier molecular flexibility index (Phi) is 5.16. The Morgan fingerprint density at radius 2 is 1.96 bits per heavy atom. The lowest BCUT2D eigenvalue weighted by molar-refractivity contribution is 0.394. The smallest absolute Gasteiger partial charge is 0.230 e. The highest BCUT2D eigenvalue weighted by Gasteiger charge is 2.12. The van der Waals surface area contributed by atoms with Crippen molar-refractivity contribution in [2.45, 2.75) is 0 Å². The summed E-state index contributed by atoms with van der Waals surface area (Å²) in [6.45, 7) is 0. The van der Waals surface area contributed by atoms with E-state index in [-0.39, 0.29) is 17.3 Å². The topological polar surface area (TPSA) is 110 Å². The van der Waals surface area contributed by atoms with Crippen LogP contribution in [0.4, 0.5) is 11.9 Å². The summed E-state index contributed by atoms with van der Waals surface area (Å²) >= 11 is 0. The van der Waals surface area contributed by atoms with Crippen molar-refractivity contribution in [3.05, 3.63) is 29.6 Å². The molecule has 0 bridgehead atoms. The molecule has 0 spiro atoms. The van der Waals surface area contributed by atoms with Crippen molar-refractivity contribution < 1.29 is 9.47 Å². The monoisotopic (exact) mass is 326 g/mol. The van der Waals surface area contributed by atoms with Crippen molar-refractivity contribution in [2.24, 2.45) is 0 Å². The van der Waals surface area contributed by atoms with Crippen LogP contribution in [0.3, 0.4) is 0 Å². The van der Waals surface area contributed by atoms with Crippen LogP contribution in [0, 0.1) is 11.3 Å². The number of anilines is 2. The van der Waals surface area contributed by atoms with Gasteiger partial charge in [0.25, 0.3) is 0 Å². The number of hydrogen-bond donors (Lipinski definition) is 1. The largest absolute Gasteiger partial charge is 0.497 e. The quantitative estimate of drug-likeness (QED) is 0.825. The van der Waals surface area contributed by atoms with Gasteiger partial charge in [-0.1, -0.05) is 0 Å². The van der Waals surface area contributed by atoms with Crippen molar-refractivity contribution in [1.82, 2.24) is 15.0 Å². The predicted octanol–water partition coefficient (Wildman–Crippen LogP) is 1.60. The Morgan fingerprint density at radius 3 is 2.54 bits per heavy atom. The molecule has 1 aromatic heterocycles. The number of nitrogen functional groups attached to an aromatic ring is 1. The number of aromatic nitrogens is 3. The number of rotatable bonds is 5. The van der Waals surface area contributed by atoms with E-state index < -0.39 is 0 Å². The minimum Gasteiger partial charge on any atom is -0.497 e. The van der Waals surface area contributed by atoms with Gasteiger partial charge < -0.3 is 20.1 Å². The van der Waals surface area contributed by atoms with E-state index in [0.29, 0.717) is 23.0 Å². The predicted molar refractivity (Wildman–Crippen MR) is 91.6 cm³/mol. The van der Waals surface area contributed by atoms with Crippen molar-refractivity contribution in [3.63, 3.8) is 0 Å². The first-order chi connectivity index (χ1) is 11.5. The summed E-state index contributed by atoms with van der Waals surface area (Å²) in [5, 5.41) is 9.49. The van der Waals surface area contributed by atoms with Crippen molar-refractivity contribution in [3.8, 4) is 17.6 Å². The van der Waals surface area contributed by atoms with Gasteiger partial charge in [-0.3, -0.25) is 0 Å². The first-order valence-corrected chi connectivity index (χ1v) is 7.01. The summed E-state index contributed by atoms with van der Waals surface area (Å²) in [6.07, 6.45) is 1.63. The second kappa shape index (κ2) is 7.28. The van der Waals surface area contributed by atoms with Crippen LogP contribution in [0.25, 0.3) is 11.6 Å². The molecule has 0 amide bonds. The third-order valence-corrected chi connectivity index (χ3v) is 3.14. The van der Waals surface area contributed by atoms with E-state index in [9.17, 15) is 5.26 Å². The van der Waals surface area contributed by atoms with Crippen molar-refractivity contribution in [1.29, 1.82) is 5.26 Å². The maximum atomic E-state index is 9.49. The number of benzene rings is 1. The molecular weight excluding hydrogens is 308 g/mol. The number of methoxy groups -OCH3 is 2. The van der Waals surface area contributed by atoms with Gasteiger partial charge in [0.15, 0.2) is 5.82 Å². The van der Waals surface area contributed by atoms with Crippen molar-refractivity contribution in [2.75, 3.05) is 38.9 Å². The van der Waals surface area contributed by atoms with E-state index in [1.165, 1.54) is 0 Å². The van der Waals surface area contributed by atoms with Gasteiger partial charge in [0.2, 0.25) is 11.9 Å². The molecule has 0 aliphatic carbocycles. The highest BCUT2D eigenvalue weighted by Crippen LogP contribution is 2.28. The van der Waals surface area contributed by atoms with Crippen LogP contribution in [-0.2, 0) is 0 Å². The van der Waals surface area contributed by atoms with Gasteiger partial charge in [0.1, 0.15) is 17.6 Å². The number of ether oxygens (including phenoxy) is 2. The fourth-order valence-corrected chi connectivity index (χ4v) is 1.94. The second-order valence-electron chi connectivity index (χ2n) is 4.99. The van der Waals surface area contributed by atoms with Gasteiger partial charge in [-0.15, -0.1) is 0 Å². The van der Waals surface area contributed by atoms with Crippen LogP contribution in [-0.4, -0.2) is 43.3 Å². The number of nitrogens with two attached hydrogens (primary N) is 1. The van der Waals surface area contributed by atoms with Gasteiger partial charge >= 0.3 is 0 Å². The number of nitriles is 1. The van der Waals surface area contributed by atoms with E-state index in [1.54, 1.807) is 57.5 Å². The minimum atomic E-state index is 0.0477. The minimum absolute atomic E-state index is 0.0477. The van der Waals surface area contributed by atoms with Crippen molar-refractivity contribution >= 4 is 23.5 Å². The Balaban J connectivity index is 2.53. The van der Waals surface area contributed by atoms with E-state index in [4.69, 9.17) is 15.2 Å². The van der Waals surface area contributed by atoms with E-state index in [2.05, 4.69) is 21.0 Å². The van der Waals surface area contributed by atoms with Crippen LogP contribution in [0.5, 0.6) is 11.5 Å². The third kappa shape index (κ3) is 3.70. The molecule has 2 N–H and O–H groups in total. The molecule has 24 heavy (non-hydrogen) atoms. The maximum absolute atomic E-state index is 9.49. The molecule has 0 fully saturated rings. The zero-order valence-electron chi connectivity index (χ0n) is 13.9. The van der Waals surface area contributed by atoms with E-state index >= 15 is 0 Å². The molecule has 124 valence electrons. The molecule has 2 rings (SSSR count). The Labute approximate surface area is 140 Å². The lowest BCUT2D eigenvalue weighted by Gasteiger charge is -2.11. The number of allylic oxidation sites excluding steroid dienone is 1. The molecule has 2 aromatic rings. The molecule has 0 unspecified atom stereocenters. The van der Waals surface area contributed by atoms with Gasteiger partial charge in [0.05, 0.1) is 19.8 Å². The first kappa shape index (κ1) is 17.0.